The van der Waals surface area contributed by atoms with E-state index in [1.807, 2.05) is 37.3 Å². The Bertz CT molecular complexity index is 706. The van der Waals surface area contributed by atoms with E-state index in [1.54, 1.807) is 6.20 Å². The number of hydrogen-bond donors (Lipinski definition) is 3. The van der Waals surface area contributed by atoms with Crippen LogP contribution < -0.4 is 11.1 Å². The highest BCUT2D eigenvalue weighted by molar-refractivity contribution is 7.05. The first kappa shape index (κ1) is 20.6. The average molecular weight is 375 g/mol. The molecule has 1 amide bonds. The van der Waals surface area contributed by atoms with Crippen molar-refractivity contribution < 1.29 is 27.9 Å². The molecule has 2 aromatic rings. The number of halogens is 3. The van der Waals surface area contributed by atoms with Crippen LogP contribution in [0.25, 0.3) is 0 Å². The van der Waals surface area contributed by atoms with E-state index in [0.29, 0.717) is 6.54 Å². The Hall–Kier alpha value is -2.46. The number of hydrogen-bond acceptors (Lipinski definition) is 5. The Morgan fingerprint density at radius 3 is 2.40 bits per heavy atom. The van der Waals surface area contributed by atoms with Crippen LogP contribution >= 0.6 is 11.5 Å². The summed E-state index contributed by atoms with van der Waals surface area (Å²) in [6, 6.07) is 8.90. The third kappa shape index (κ3) is 6.89. The van der Waals surface area contributed by atoms with Crippen molar-refractivity contribution in [3.8, 4) is 0 Å². The van der Waals surface area contributed by atoms with Crippen molar-refractivity contribution in [3.05, 3.63) is 52.5 Å². The van der Waals surface area contributed by atoms with Gasteiger partial charge in [0, 0.05) is 11.1 Å². The molecule has 10 heteroatoms. The molecule has 0 radical (unpaired) electrons. The second-order valence-electron chi connectivity index (χ2n) is 4.83. The van der Waals surface area contributed by atoms with Gasteiger partial charge in [-0.05, 0) is 35.6 Å². The number of carboxylic acids is 1. The number of aromatic nitrogens is 1. The highest BCUT2D eigenvalue weighted by atomic mass is 32.1. The fourth-order valence-corrected chi connectivity index (χ4v) is 2.21. The summed E-state index contributed by atoms with van der Waals surface area (Å²) in [7, 11) is 0. The van der Waals surface area contributed by atoms with Gasteiger partial charge in [-0.2, -0.15) is 13.2 Å². The van der Waals surface area contributed by atoms with Crippen LogP contribution in [0, 0.1) is 6.92 Å². The number of nitrogens with two attached hydrogens (primary N) is 1. The number of carboxylic acid groups (broad SMARTS) is 1. The molecule has 0 aliphatic heterocycles. The fraction of sp³-hybridized carbons (Fsp3) is 0.267. The number of nitrogens with zero attached hydrogens (tertiary/aromatic N) is 1. The highest BCUT2D eigenvalue weighted by Gasteiger charge is 2.38. The van der Waals surface area contributed by atoms with Gasteiger partial charge in [-0.1, -0.05) is 24.3 Å². The number of nitrogens with one attached hydrogen (secondary N) is 1. The molecule has 0 aliphatic rings. The number of rotatable bonds is 4. The highest BCUT2D eigenvalue weighted by Crippen LogP contribution is 2.15. The minimum atomic E-state index is -5.08. The van der Waals surface area contributed by atoms with Crippen molar-refractivity contribution in [2.24, 2.45) is 5.73 Å². The first-order valence-electron chi connectivity index (χ1n) is 6.91. The monoisotopic (exact) mass is 375 g/mol. The fourth-order valence-electron chi connectivity index (χ4n) is 1.69. The summed E-state index contributed by atoms with van der Waals surface area (Å²) in [6.07, 6.45) is -3.37. The molecule has 1 heterocycles. The minimum absolute atomic E-state index is 0.169. The smallest absolute Gasteiger partial charge is 0.475 e. The number of amides is 1. The quantitative estimate of drug-likeness (QED) is 0.761. The van der Waals surface area contributed by atoms with E-state index in [1.165, 1.54) is 11.5 Å². The number of aryl methyl sites for hydroxylation is 1. The Labute approximate surface area is 145 Å². The molecule has 0 bridgehead atoms. The largest absolute Gasteiger partial charge is 0.490 e. The lowest BCUT2D eigenvalue weighted by Gasteiger charge is -2.14. The van der Waals surface area contributed by atoms with Crippen LogP contribution in [0.1, 0.15) is 22.0 Å². The summed E-state index contributed by atoms with van der Waals surface area (Å²) in [5.41, 5.74) is 7.84. The summed E-state index contributed by atoms with van der Waals surface area (Å²) >= 11 is 1.37. The zero-order chi connectivity index (χ0) is 19.0. The summed E-state index contributed by atoms with van der Waals surface area (Å²) in [6.45, 7) is 2.43. The maximum atomic E-state index is 11.9. The second kappa shape index (κ2) is 9.14. The van der Waals surface area contributed by atoms with Crippen molar-refractivity contribution >= 4 is 23.4 Å². The normalized spacial score (nSPS) is 11.9. The van der Waals surface area contributed by atoms with E-state index in [9.17, 15) is 18.0 Å². The maximum absolute atomic E-state index is 11.9. The Morgan fingerprint density at radius 1 is 1.32 bits per heavy atom. The standard InChI is InChI=1S/C13H15N3OS.C2HF3O2/c1-9-4-2-3-5-11(9)12(14)13(17)15-8-10-6-7-16-18-10;3-2(4,5)1(6)7/h2-7,12H,8,14H2,1H3,(H,15,17);(H,6,7). The maximum Gasteiger partial charge on any atom is 0.490 e. The van der Waals surface area contributed by atoms with Gasteiger partial charge >= 0.3 is 12.1 Å². The predicted molar refractivity (Wildman–Crippen MR) is 85.8 cm³/mol. The van der Waals surface area contributed by atoms with E-state index in [4.69, 9.17) is 15.6 Å². The van der Waals surface area contributed by atoms with Gasteiger partial charge in [-0.25, -0.2) is 9.17 Å². The van der Waals surface area contributed by atoms with Gasteiger partial charge in [0.05, 0.1) is 6.54 Å². The SMILES string of the molecule is Cc1ccccc1C(N)C(=O)NCc1ccns1.O=C(O)C(F)(F)F. The number of alkyl halides is 3. The molecule has 136 valence electrons. The molecular formula is C15H16F3N3O3S. The number of carbonyl (C=O) groups excluding carboxylic acids is 1. The minimum Gasteiger partial charge on any atom is -0.475 e. The van der Waals surface area contributed by atoms with E-state index in [-0.39, 0.29) is 5.91 Å². The van der Waals surface area contributed by atoms with Crippen molar-refractivity contribution in [2.75, 3.05) is 0 Å². The van der Waals surface area contributed by atoms with E-state index in [2.05, 4.69) is 9.69 Å². The van der Waals surface area contributed by atoms with Gasteiger partial charge in [0.1, 0.15) is 6.04 Å². The van der Waals surface area contributed by atoms with Gasteiger partial charge in [0.15, 0.2) is 0 Å². The van der Waals surface area contributed by atoms with Crippen LogP contribution in [0.2, 0.25) is 0 Å². The zero-order valence-electron chi connectivity index (χ0n) is 13.1. The van der Waals surface area contributed by atoms with Gasteiger partial charge < -0.3 is 16.2 Å². The van der Waals surface area contributed by atoms with Gasteiger partial charge in [-0.3, -0.25) is 4.79 Å². The third-order valence-electron chi connectivity index (χ3n) is 2.98. The molecule has 0 aliphatic carbocycles. The second-order valence-corrected chi connectivity index (χ2v) is 5.75. The summed E-state index contributed by atoms with van der Waals surface area (Å²) in [5, 5.41) is 9.94. The molecule has 4 N–H and O–H groups in total. The molecule has 0 saturated heterocycles. The summed E-state index contributed by atoms with van der Waals surface area (Å²) in [5.74, 6) is -2.93. The van der Waals surface area contributed by atoms with Crippen molar-refractivity contribution in [3.63, 3.8) is 0 Å². The summed E-state index contributed by atoms with van der Waals surface area (Å²) < 4.78 is 35.7. The molecule has 0 saturated carbocycles. The predicted octanol–water partition coefficient (Wildman–Crippen LogP) is 2.40. The molecule has 1 aromatic heterocycles. The Balaban J connectivity index is 0.000000381. The first-order chi connectivity index (χ1) is 11.6. The molecule has 1 aromatic carbocycles. The van der Waals surface area contributed by atoms with Crippen LogP contribution in [0.4, 0.5) is 13.2 Å². The third-order valence-corrected chi connectivity index (χ3v) is 3.72. The van der Waals surface area contributed by atoms with E-state index in [0.717, 1.165) is 16.0 Å². The number of aliphatic carboxylic acids is 1. The first-order valence-corrected chi connectivity index (χ1v) is 7.68. The molecule has 1 unspecified atom stereocenters. The lowest BCUT2D eigenvalue weighted by atomic mass is 10.0. The number of benzene rings is 1. The van der Waals surface area contributed by atoms with Crippen LogP contribution in [-0.2, 0) is 16.1 Å². The zero-order valence-corrected chi connectivity index (χ0v) is 13.9. The van der Waals surface area contributed by atoms with Gasteiger partial charge in [-0.15, -0.1) is 0 Å². The topological polar surface area (TPSA) is 105 Å². The van der Waals surface area contributed by atoms with Crippen LogP contribution in [0.3, 0.4) is 0 Å². The Morgan fingerprint density at radius 2 is 1.92 bits per heavy atom. The molecule has 1 atom stereocenters. The molecule has 2 rings (SSSR count). The molecule has 0 fully saturated rings. The van der Waals surface area contributed by atoms with Gasteiger partial charge in [0.2, 0.25) is 5.91 Å². The number of carbonyl (C=O) groups is 2. The van der Waals surface area contributed by atoms with E-state index < -0.39 is 18.2 Å². The summed E-state index contributed by atoms with van der Waals surface area (Å²) in [4.78, 5) is 21.8. The van der Waals surface area contributed by atoms with Crippen LogP contribution in [0.15, 0.2) is 36.5 Å². The van der Waals surface area contributed by atoms with Crippen molar-refractivity contribution in [1.82, 2.24) is 9.69 Å². The average Bonchev–Trinajstić information content (AvgIpc) is 3.05. The molecular weight excluding hydrogens is 359 g/mol. The molecule has 25 heavy (non-hydrogen) atoms. The van der Waals surface area contributed by atoms with E-state index >= 15 is 0 Å². The van der Waals surface area contributed by atoms with Crippen LogP contribution in [-0.4, -0.2) is 27.5 Å². The molecule has 6 nitrogen and oxygen atoms in total. The van der Waals surface area contributed by atoms with Gasteiger partial charge in [0.25, 0.3) is 0 Å². The lowest BCUT2D eigenvalue weighted by Crippen LogP contribution is -2.33. The Kier molecular flexibility index (Phi) is 7.52. The van der Waals surface area contributed by atoms with Crippen LogP contribution in [0.5, 0.6) is 0 Å². The lowest BCUT2D eigenvalue weighted by molar-refractivity contribution is -0.192. The van der Waals surface area contributed by atoms with Crippen molar-refractivity contribution in [1.29, 1.82) is 0 Å². The van der Waals surface area contributed by atoms with Crippen molar-refractivity contribution in [2.45, 2.75) is 25.7 Å². The molecule has 0 spiro atoms.